The number of hydrogen-bond donors (Lipinski definition) is 0. The topological polar surface area (TPSA) is 0 Å². The molecular formula is C14H27B. The van der Waals surface area contributed by atoms with Crippen LogP contribution in [0.25, 0.3) is 0 Å². The van der Waals surface area contributed by atoms with Crippen molar-refractivity contribution in [2.75, 3.05) is 0 Å². The number of unbranched alkanes of at least 4 members (excludes halogenated alkanes) is 3. The van der Waals surface area contributed by atoms with Gasteiger partial charge in [-0.1, -0.05) is 83.4 Å². The minimum Gasteiger partial charge on any atom is -0.0774 e. The zero-order valence-corrected chi connectivity index (χ0v) is 10.5. The quantitative estimate of drug-likeness (QED) is 0.372. The highest BCUT2D eigenvalue weighted by Gasteiger charge is 2.16. The summed E-state index contributed by atoms with van der Waals surface area (Å²) in [5.74, 6) is 1.58. The fourth-order valence-corrected chi connectivity index (χ4v) is 2.41. The summed E-state index contributed by atoms with van der Waals surface area (Å²) in [6.45, 7) is 2.24. The van der Waals surface area contributed by atoms with Crippen LogP contribution < -0.4 is 0 Å². The Bertz CT molecular complexity index is 140. The van der Waals surface area contributed by atoms with Crippen molar-refractivity contribution < 1.29 is 0 Å². The molecule has 1 aliphatic rings. The summed E-state index contributed by atoms with van der Waals surface area (Å²) in [6, 6.07) is 0. The van der Waals surface area contributed by atoms with Crippen LogP contribution in [0.15, 0.2) is 0 Å². The highest BCUT2D eigenvalue weighted by molar-refractivity contribution is 6.11. The summed E-state index contributed by atoms with van der Waals surface area (Å²) in [5, 5.41) is 0. The monoisotopic (exact) mass is 206 g/mol. The Morgan fingerprint density at radius 3 is 2.40 bits per heavy atom. The third-order valence-electron chi connectivity index (χ3n) is 3.84. The van der Waals surface area contributed by atoms with E-state index in [0.717, 1.165) is 5.92 Å². The van der Waals surface area contributed by atoms with E-state index in [-0.39, 0.29) is 0 Å². The molecule has 0 N–H and O–H groups in total. The molecule has 1 saturated carbocycles. The first kappa shape index (κ1) is 13.1. The fraction of sp³-hybridized carbons (Fsp3) is 1.00. The maximum Gasteiger partial charge on any atom is 0.0699 e. The van der Waals surface area contributed by atoms with Crippen LogP contribution in [0, 0.1) is 5.92 Å². The van der Waals surface area contributed by atoms with Gasteiger partial charge >= 0.3 is 0 Å². The molecule has 0 amide bonds. The second kappa shape index (κ2) is 8.24. The molecule has 1 atom stereocenters. The van der Waals surface area contributed by atoms with E-state index in [4.69, 9.17) is 7.85 Å². The van der Waals surface area contributed by atoms with E-state index in [1.54, 1.807) is 0 Å². The van der Waals surface area contributed by atoms with E-state index >= 15 is 0 Å². The Balaban J connectivity index is 1.78. The summed E-state index contributed by atoms with van der Waals surface area (Å²) >= 11 is 0. The smallest absolute Gasteiger partial charge is 0.0699 e. The Hall–Kier alpha value is 0.0649. The highest BCUT2D eigenvalue weighted by Crippen LogP contribution is 2.31. The summed E-state index contributed by atoms with van der Waals surface area (Å²) in [7, 11) is 6.04. The summed E-state index contributed by atoms with van der Waals surface area (Å²) < 4.78 is 0. The summed E-state index contributed by atoms with van der Waals surface area (Å²) in [5.41, 5.74) is 0. The third kappa shape index (κ3) is 6.27. The summed E-state index contributed by atoms with van der Waals surface area (Å²) in [4.78, 5) is 0. The van der Waals surface area contributed by atoms with Gasteiger partial charge in [-0.05, 0) is 5.92 Å². The highest BCUT2D eigenvalue weighted by atomic mass is 14.2. The van der Waals surface area contributed by atoms with Crippen molar-refractivity contribution in [1.29, 1.82) is 0 Å². The van der Waals surface area contributed by atoms with Gasteiger partial charge in [-0.15, -0.1) is 0 Å². The summed E-state index contributed by atoms with van der Waals surface area (Å²) in [6.07, 6.45) is 15.3. The zero-order valence-electron chi connectivity index (χ0n) is 10.5. The van der Waals surface area contributed by atoms with Crippen molar-refractivity contribution in [2.45, 2.75) is 83.4 Å². The second-order valence-electron chi connectivity index (χ2n) is 5.34. The first-order valence-corrected chi connectivity index (χ1v) is 7.08. The van der Waals surface area contributed by atoms with E-state index in [1.807, 2.05) is 0 Å². The van der Waals surface area contributed by atoms with Gasteiger partial charge in [0.1, 0.15) is 0 Å². The first-order chi connectivity index (χ1) is 7.33. The predicted octanol–water partition coefficient (Wildman–Crippen LogP) is 4.88. The van der Waals surface area contributed by atoms with Crippen LogP contribution in [0.3, 0.4) is 0 Å². The molecular weight excluding hydrogens is 179 g/mol. The van der Waals surface area contributed by atoms with Gasteiger partial charge in [-0.3, -0.25) is 0 Å². The maximum atomic E-state index is 6.04. The Morgan fingerprint density at radius 2 is 1.80 bits per heavy atom. The van der Waals surface area contributed by atoms with E-state index in [2.05, 4.69) is 6.92 Å². The third-order valence-corrected chi connectivity index (χ3v) is 3.84. The van der Waals surface area contributed by atoms with Crippen LogP contribution in [0.1, 0.15) is 77.6 Å². The number of hydrogen-bond acceptors (Lipinski definition) is 0. The number of rotatable bonds is 9. The van der Waals surface area contributed by atoms with Crippen LogP contribution in [-0.4, -0.2) is 7.85 Å². The molecule has 2 radical (unpaired) electrons. The van der Waals surface area contributed by atoms with Gasteiger partial charge < -0.3 is 0 Å². The molecule has 15 heavy (non-hydrogen) atoms. The minimum atomic E-state index is 0.480. The molecule has 0 aromatic rings. The second-order valence-corrected chi connectivity index (χ2v) is 5.34. The normalized spacial score (nSPS) is 18.7. The molecule has 0 aromatic heterocycles. The average Bonchev–Trinajstić information content (AvgIpc) is 2.17. The molecule has 1 fully saturated rings. The van der Waals surface area contributed by atoms with Gasteiger partial charge in [-0.2, -0.15) is 0 Å². The molecule has 1 rings (SSSR count). The lowest BCUT2D eigenvalue weighted by molar-refractivity contribution is 0.286. The predicted molar refractivity (Wildman–Crippen MR) is 69.5 cm³/mol. The molecule has 0 heterocycles. The van der Waals surface area contributed by atoms with E-state index < -0.39 is 0 Å². The van der Waals surface area contributed by atoms with Crippen LogP contribution in [0.2, 0.25) is 5.82 Å². The van der Waals surface area contributed by atoms with Gasteiger partial charge in [0.15, 0.2) is 0 Å². The van der Waals surface area contributed by atoms with E-state index in [9.17, 15) is 0 Å². The van der Waals surface area contributed by atoms with Gasteiger partial charge in [0, 0.05) is 0 Å². The van der Waals surface area contributed by atoms with Crippen LogP contribution in [0.4, 0.5) is 0 Å². The van der Waals surface area contributed by atoms with Crippen molar-refractivity contribution in [3.8, 4) is 0 Å². The van der Waals surface area contributed by atoms with Gasteiger partial charge in [0.05, 0.1) is 7.85 Å². The lowest BCUT2D eigenvalue weighted by atomic mass is 9.78. The standard InChI is InChI=1S/C14H27B/c1-2-3-11-14(15)12-6-4-5-8-13-9-7-10-13/h13-14H,2-12H2,1H3. The molecule has 0 spiro atoms. The molecule has 86 valence electrons. The molecule has 0 saturated heterocycles. The van der Waals surface area contributed by atoms with Crippen LogP contribution >= 0.6 is 0 Å². The van der Waals surface area contributed by atoms with Crippen molar-refractivity contribution in [1.82, 2.24) is 0 Å². The largest absolute Gasteiger partial charge is 0.0774 e. The Morgan fingerprint density at radius 1 is 1.07 bits per heavy atom. The molecule has 1 unspecified atom stereocenters. The van der Waals surface area contributed by atoms with Gasteiger partial charge in [-0.25, -0.2) is 0 Å². The Labute approximate surface area is 97.6 Å². The lowest BCUT2D eigenvalue weighted by Gasteiger charge is -2.25. The van der Waals surface area contributed by atoms with E-state index in [1.165, 1.54) is 70.6 Å². The zero-order chi connectivity index (χ0) is 10.9. The van der Waals surface area contributed by atoms with Crippen LogP contribution in [0.5, 0.6) is 0 Å². The van der Waals surface area contributed by atoms with Crippen molar-refractivity contribution in [2.24, 2.45) is 5.92 Å². The Kier molecular flexibility index (Phi) is 7.22. The van der Waals surface area contributed by atoms with Gasteiger partial charge in [0.2, 0.25) is 0 Å². The SMILES string of the molecule is [B]C(CCCC)CCCCCC1CCC1. The minimum absolute atomic E-state index is 0.480. The fourth-order valence-electron chi connectivity index (χ4n) is 2.41. The molecule has 0 aliphatic heterocycles. The van der Waals surface area contributed by atoms with E-state index in [0.29, 0.717) is 5.82 Å². The molecule has 0 aromatic carbocycles. The first-order valence-electron chi connectivity index (χ1n) is 7.08. The molecule has 1 heteroatoms. The van der Waals surface area contributed by atoms with Gasteiger partial charge in [0.25, 0.3) is 0 Å². The average molecular weight is 206 g/mol. The molecule has 1 aliphatic carbocycles. The molecule has 0 nitrogen and oxygen atoms in total. The van der Waals surface area contributed by atoms with Crippen molar-refractivity contribution in [3.05, 3.63) is 0 Å². The van der Waals surface area contributed by atoms with Crippen molar-refractivity contribution >= 4 is 7.85 Å². The van der Waals surface area contributed by atoms with Crippen LogP contribution in [-0.2, 0) is 0 Å². The van der Waals surface area contributed by atoms with Crippen molar-refractivity contribution in [3.63, 3.8) is 0 Å². The lowest BCUT2D eigenvalue weighted by Crippen LogP contribution is -2.10. The maximum absolute atomic E-state index is 6.04. The molecule has 0 bridgehead atoms.